The largest absolute Gasteiger partial charge is 0.399 e. The summed E-state index contributed by atoms with van der Waals surface area (Å²) >= 11 is 6.01. The van der Waals surface area contributed by atoms with Gasteiger partial charge in [-0.25, -0.2) is 0 Å². The van der Waals surface area contributed by atoms with Gasteiger partial charge >= 0.3 is 0 Å². The van der Waals surface area contributed by atoms with Crippen LogP contribution in [0.5, 0.6) is 0 Å². The second-order valence-electron chi connectivity index (χ2n) is 5.16. The van der Waals surface area contributed by atoms with Crippen molar-refractivity contribution >= 4 is 35.6 Å². The van der Waals surface area contributed by atoms with Gasteiger partial charge in [-0.15, -0.1) is 12.4 Å². The van der Waals surface area contributed by atoms with E-state index in [1.807, 2.05) is 0 Å². The Morgan fingerprint density at radius 3 is 2.75 bits per heavy atom. The molecule has 2 rings (SSSR count). The smallest absolute Gasteiger partial charge is 0.252 e. The predicted octanol–water partition coefficient (Wildman–Crippen LogP) is 2.89. The molecule has 0 heterocycles. The first kappa shape index (κ1) is 17.1. The fraction of sp³-hybridized carbons (Fsp3) is 0.500. The maximum Gasteiger partial charge on any atom is 0.252 e. The molecule has 112 valence electrons. The Balaban J connectivity index is 0.00000200. The first-order valence-electron chi connectivity index (χ1n) is 6.38. The number of nitrogens with one attached hydrogen (secondary N) is 1. The Hall–Kier alpha value is -0.970. The number of amides is 1. The lowest BCUT2D eigenvalue weighted by Crippen LogP contribution is -2.31. The minimum Gasteiger partial charge on any atom is -0.399 e. The van der Waals surface area contributed by atoms with Gasteiger partial charge in [0.25, 0.3) is 5.91 Å². The highest BCUT2D eigenvalue weighted by atomic mass is 35.5. The fourth-order valence-electron chi connectivity index (χ4n) is 2.09. The molecule has 6 heteroatoms. The molecular formula is C14H20Cl2N2O2. The number of nitrogen functional groups attached to an aromatic ring is 1. The van der Waals surface area contributed by atoms with E-state index in [1.165, 1.54) is 0 Å². The number of rotatable bonds is 6. The third-order valence-corrected chi connectivity index (χ3v) is 3.97. The molecule has 1 aliphatic carbocycles. The molecule has 0 aliphatic heterocycles. The standard InChI is InChI=1S/C14H19ClN2O2.ClH/c1-19-7-6-14(4-5-14)9-17-13(18)11-3-2-10(16)8-12(11)15;/h2-3,8H,4-7,9,16H2,1H3,(H,17,18);1H. The van der Waals surface area contributed by atoms with E-state index in [9.17, 15) is 4.79 Å². The molecule has 1 saturated carbocycles. The number of nitrogens with two attached hydrogens (primary N) is 1. The van der Waals surface area contributed by atoms with Crippen LogP contribution in [0.15, 0.2) is 18.2 Å². The van der Waals surface area contributed by atoms with E-state index in [0.717, 1.165) is 25.9 Å². The van der Waals surface area contributed by atoms with E-state index in [0.29, 0.717) is 22.8 Å². The van der Waals surface area contributed by atoms with Crippen LogP contribution in [-0.4, -0.2) is 26.2 Å². The molecule has 1 aromatic carbocycles. The van der Waals surface area contributed by atoms with Crippen LogP contribution in [0.3, 0.4) is 0 Å². The van der Waals surface area contributed by atoms with Crippen molar-refractivity contribution in [2.75, 3.05) is 26.0 Å². The van der Waals surface area contributed by atoms with Crippen molar-refractivity contribution in [2.45, 2.75) is 19.3 Å². The molecule has 0 saturated heterocycles. The number of ether oxygens (including phenoxy) is 1. The number of anilines is 1. The van der Waals surface area contributed by atoms with Crippen LogP contribution in [0, 0.1) is 5.41 Å². The minimum atomic E-state index is -0.145. The van der Waals surface area contributed by atoms with E-state index in [2.05, 4.69) is 5.32 Å². The molecule has 1 aromatic rings. The maximum atomic E-state index is 12.1. The van der Waals surface area contributed by atoms with Gasteiger partial charge in [0, 0.05) is 25.9 Å². The SMILES string of the molecule is COCCC1(CNC(=O)c2ccc(N)cc2Cl)CC1.Cl. The third kappa shape index (κ3) is 4.27. The van der Waals surface area contributed by atoms with E-state index in [-0.39, 0.29) is 23.7 Å². The van der Waals surface area contributed by atoms with Crippen molar-refractivity contribution in [3.05, 3.63) is 28.8 Å². The number of hydrogen-bond donors (Lipinski definition) is 2. The fourth-order valence-corrected chi connectivity index (χ4v) is 2.36. The Labute approximate surface area is 130 Å². The van der Waals surface area contributed by atoms with Crippen molar-refractivity contribution in [3.63, 3.8) is 0 Å². The summed E-state index contributed by atoms with van der Waals surface area (Å²) in [6.45, 7) is 1.41. The van der Waals surface area contributed by atoms with Gasteiger partial charge in [0.05, 0.1) is 10.6 Å². The first-order valence-corrected chi connectivity index (χ1v) is 6.76. The summed E-state index contributed by atoms with van der Waals surface area (Å²) in [5, 5.41) is 3.34. The molecule has 0 radical (unpaired) electrons. The van der Waals surface area contributed by atoms with Crippen LogP contribution in [0.1, 0.15) is 29.6 Å². The summed E-state index contributed by atoms with van der Waals surface area (Å²) in [5.41, 5.74) is 6.86. The molecule has 1 fully saturated rings. The van der Waals surface area contributed by atoms with Crippen LogP contribution in [0.4, 0.5) is 5.69 Å². The molecule has 4 nitrogen and oxygen atoms in total. The van der Waals surface area contributed by atoms with E-state index < -0.39 is 0 Å². The monoisotopic (exact) mass is 318 g/mol. The summed E-state index contributed by atoms with van der Waals surface area (Å²) in [5.74, 6) is -0.145. The zero-order chi connectivity index (χ0) is 13.9. The van der Waals surface area contributed by atoms with Crippen LogP contribution in [0.2, 0.25) is 5.02 Å². The van der Waals surface area contributed by atoms with Crippen LogP contribution < -0.4 is 11.1 Å². The van der Waals surface area contributed by atoms with Gasteiger partial charge in [0.1, 0.15) is 0 Å². The number of carbonyl (C=O) groups excluding carboxylic acids is 1. The summed E-state index contributed by atoms with van der Waals surface area (Å²) in [6, 6.07) is 4.93. The van der Waals surface area contributed by atoms with Gasteiger partial charge < -0.3 is 15.8 Å². The third-order valence-electron chi connectivity index (χ3n) is 3.66. The molecule has 3 N–H and O–H groups in total. The maximum absolute atomic E-state index is 12.1. The summed E-state index contributed by atoms with van der Waals surface area (Å²) < 4.78 is 5.09. The Morgan fingerprint density at radius 1 is 1.50 bits per heavy atom. The lowest BCUT2D eigenvalue weighted by atomic mass is 10.0. The highest BCUT2D eigenvalue weighted by Crippen LogP contribution is 2.48. The number of benzene rings is 1. The number of hydrogen-bond acceptors (Lipinski definition) is 3. The number of carbonyl (C=O) groups is 1. The molecule has 0 atom stereocenters. The highest BCUT2D eigenvalue weighted by Gasteiger charge is 2.42. The topological polar surface area (TPSA) is 64.3 Å². The van der Waals surface area contributed by atoms with Crippen molar-refractivity contribution < 1.29 is 9.53 Å². The second kappa shape index (κ2) is 7.16. The molecule has 0 aromatic heterocycles. The van der Waals surface area contributed by atoms with E-state index in [4.69, 9.17) is 22.1 Å². The minimum absolute atomic E-state index is 0. The van der Waals surface area contributed by atoms with Crippen LogP contribution in [-0.2, 0) is 4.74 Å². The Kier molecular flexibility index (Phi) is 6.11. The van der Waals surface area contributed by atoms with Gasteiger partial charge in [0.15, 0.2) is 0 Å². The average molecular weight is 319 g/mol. The molecular weight excluding hydrogens is 299 g/mol. The van der Waals surface area contributed by atoms with Crippen molar-refractivity contribution in [3.8, 4) is 0 Å². The highest BCUT2D eigenvalue weighted by molar-refractivity contribution is 6.34. The summed E-state index contributed by atoms with van der Waals surface area (Å²) in [6.07, 6.45) is 3.28. The van der Waals surface area contributed by atoms with Gasteiger partial charge in [0.2, 0.25) is 0 Å². The lowest BCUT2D eigenvalue weighted by molar-refractivity contribution is 0.0938. The molecule has 0 unspecified atom stereocenters. The predicted molar refractivity (Wildman–Crippen MR) is 83.6 cm³/mol. The van der Waals surface area contributed by atoms with Gasteiger partial charge in [-0.3, -0.25) is 4.79 Å². The van der Waals surface area contributed by atoms with Crippen molar-refractivity contribution in [1.82, 2.24) is 5.32 Å². The average Bonchev–Trinajstić information content (AvgIpc) is 3.14. The molecule has 1 amide bonds. The van der Waals surface area contributed by atoms with Crippen molar-refractivity contribution in [1.29, 1.82) is 0 Å². The van der Waals surface area contributed by atoms with Gasteiger partial charge in [-0.1, -0.05) is 11.6 Å². The zero-order valence-corrected chi connectivity index (χ0v) is 13.0. The molecule has 1 aliphatic rings. The van der Waals surface area contributed by atoms with E-state index >= 15 is 0 Å². The normalized spacial score (nSPS) is 15.3. The zero-order valence-electron chi connectivity index (χ0n) is 11.4. The van der Waals surface area contributed by atoms with Gasteiger partial charge in [-0.05, 0) is 42.9 Å². The van der Waals surface area contributed by atoms with Gasteiger partial charge in [-0.2, -0.15) is 0 Å². The molecule has 0 bridgehead atoms. The second-order valence-corrected chi connectivity index (χ2v) is 5.57. The lowest BCUT2D eigenvalue weighted by Gasteiger charge is -2.15. The Morgan fingerprint density at radius 2 is 2.20 bits per heavy atom. The Bertz CT molecular complexity index is 476. The van der Waals surface area contributed by atoms with Crippen LogP contribution in [0.25, 0.3) is 0 Å². The summed E-state index contributed by atoms with van der Waals surface area (Å²) in [7, 11) is 1.70. The number of methoxy groups -OCH3 is 1. The molecule has 0 spiro atoms. The molecule has 20 heavy (non-hydrogen) atoms. The first-order chi connectivity index (χ1) is 9.06. The quantitative estimate of drug-likeness (QED) is 0.793. The van der Waals surface area contributed by atoms with Crippen molar-refractivity contribution in [2.24, 2.45) is 5.41 Å². The van der Waals surface area contributed by atoms with E-state index in [1.54, 1.807) is 25.3 Å². The summed E-state index contributed by atoms with van der Waals surface area (Å²) in [4.78, 5) is 12.1. The van der Waals surface area contributed by atoms with Crippen LogP contribution >= 0.6 is 24.0 Å². The number of halogens is 2.